The Morgan fingerprint density at radius 1 is 1.21 bits per heavy atom. The van der Waals surface area contributed by atoms with Gasteiger partial charge in [0.15, 0.2) is 12.2 Å². The van der Waals surface area contributed by atoms with E-state index in [4.69, 9.17) is 10.2 Å². The quantitative estimate of drug-likeness (QED) is 0.555. The van der Waals surface area contributed by atoms with Gasteiger partial charge in [0.25, 0.3) is 5.91 Å². The molecule has 0 unspecified atom stereocenters. The maximum Gasteiger partial charge on any atom is 0.265 e. The number of oxazole rings is 1. The van der Waals surface area contributed by atoms with Gasteiger partial charge in [-0.3, -0.25) is 4.79 Å². The van der Waals surface area contributed by atoms with E-state index in [9.17, 15) is 4.79 Å². The van der Waals surface area contributed by atoms with Crippen molar-refractivity contribution in [1.82, 2.24) is 15.0 Å². The van der Waals surface area contributed by atoms with Gasteiger partial charge in [-0.25, -0.2) is 9.97 Å². The molecule has 0 aliphatic carbocycles. The Labute approximate surface area is 166 Å². The van der Waals surface area contributed by atoms with E-state index in [0.29, 0.717) is 36.0 Å². The van der Waals surface area contributed by atoms with E-state index in [1.807, 2.05) is 29.2 Å². The van der Waals surface area contributed by atoms with E-state index in [1.54, 1.807) is 18.5 Å². The molecule has 4 heterocycles. The maximum atomic E-state index is 12.7. The lowest BCUT2D eigenvalue weighted by atomic mass is 10.1. The molecule has 29 heavy (non-hydrogen) atoms. The fourth-order valence-corrected chi connectivity index (χ4v) is 3.23. The minimum Gasteiger partial charge on any atom is -0.444 e. The average molecular weight is 384 g/mol. The van der Waals surface area contributed by atoms with Crippen molar-refractivity contribution in [2.24, 2.45) is 5.73 Å². The molecule has 1 aliphatic heterocycles. The summed E-state index contributed by atoms with van der Waals surface area (Å²) in [6, 6.07) is 12.2. The van der Waals surface area contributed by atoms with Crippen LogP contribution in [0.2, 0.25) is 0 Å². The zero-order chi connectivity index (χ0) is 19.8. The molecule has 0 spiro atoms. The first kappa shape index (κ1) is 17.2. The third kappa shape index (κ3) is 3.35. The second-order valence-electron chi connectivity index (χ2n) is 6.88. The lowest BCUT2D eigenvalue weighted by Gasteiger charge is -2.37. The molecular formula is C21H16N6O2. The number of aromatic nitrogens is 3. The van der Waals surface area contributed by atoms with Gasteiger partial charge in [0, 0.05) is 48.5 Å². The number of nitrogens with one attached hydrogen (secondary N) is 1. The number of hydrogen-bond acceptors (Lipinski definition) is 7. The topological polar surface area (TPSA) is 110 Å². The van der Waals surface area contributed by atoms with Gasteiger partial charge in [-0.2, -0.15) is 4.98 Å². The van der Waals surface area contributed by atoms with Crippen molar-refractivity contribution in [2.75, 3.05) is 23.3 Å². The van der Waals surface area contributed by atoms with Gasteiger partial charge in [-0.15, -0.1) is 0 Å². The van der Waals surface area contributed by atoms with E-state index < -0.39 is 0 Å². The van der Waals surface area contributed by atoms with Crippen molar-refractivity contribution in [3.63, 3.8) is 0 Å². The van der Waals surface area contributed by atoms with Crippen molar-refractivity contribution in [3.05, 3.63) is 66.9 Å². The van der Waals surface area contributed by atoms with Gasteiger partial charge >= 0.3 is 0 Å². The summed E-state index contributed by atoms with van der Waals surface area (Å²) in [5.41, 5.74) is 7.05. The van der Waals surface area contributed by atoms with E-state index >= 15 is 0 Å². The molecule has 3 aromatic heterocycles. The molecule has 1 amide bonds. The highest BCUT2D eigenvalue weighted by atomic mass is 16.3. The van der Waals surface area contributed by atoms with Crippen LogP contribution < -0.4 is 16.0 Å². The molecule has 1 aromatic carbocycles. The third-order valence-electron chi connectivity index (χ3n) is 4.79. The van der Waals surface area contributed by atoms with Gasteiger partial charge in [0.05, 0.1) is 11.8 Å². The number of carbonyl (C=O) groups is 1. The Balaban J connectivity index is 1.38. The molecule has 1 aliphatic rings. The van der Waals surface area contributed by atoms with E-state index in [1.165, 1.54) is 6.39 Å². The SMILES string of the molecule is NC1CN(c2cc(C(=O)Nc3cc4cc(-c5cnco5)ccc4cn3)c#cn2)C1. The summed E-state index contributed by atoms with van der Waals surface area (Å²) in [5.74, 6) is 1.45. The summed E-state index contributed by atoms with van der Waals surface area (Å²) < 4.78 is 5.35. The second kappa shape index (κ2) is 6.89. The molecule has 5 rings (SSSR count). The van der Waals surface area contributed by atoms with Gasteiger partial charge < -0.3 is 20.4 Å². The Hall–Kier alpha value is -3.96. The predicted octanol–water partition coefficient (Wildman–Crippen LogP) is 2.28. The highest BCUT2D eigenvalue weighted by Crippen LogP contribution is 2.25. The van der Waals surface area contributed by atoms with E-state index in [0.717, 1.165) is 16.3 Å². The standard InChI is InChI=1S/C21H16N6O2/c22-17-10-27(11-17)20-7-14(3-4-24-20)21(28)26-19-6-16-5-13(18-9-23-12-29-18)1-2-15(16)8-25-19/h1-2,5-9,12,17H,10-11,22H2,(H,25,26,28). The lowest BCUT2D eigenvalue weighted by molar-refractivity contribution is 0.102. The van der Waals surface area contributed by atoms with Crippen LogP contribution in [0.4, 0.5) is 11.6 Å². The average Bonchev–Trinajstić information content (AvgIpc) is 3.26. The van der Waals surface area contributed by atoms with Crippen LogP contribution in [0, 0.1) is 12.3 Å². The monoisotopic (exact) mass is 384 g/mol. The van der Waals surface area contributed by atoms with Crippen molar-refractivity contribution < 1.29 is 9.21 Å². The molecule has 1 saturated heterocycles. The first-order valence-corrected chi connectivity index (χ1v) is 9.07. The Kier molecular flexibility index (Phi) is 4.08. The molecule has 0 atom stereocenters. The number of hydrogen-bond donors (Lipinski definition) is 2. The van der Waals surface area contributed by atoms with Crippen molar-refractivity contribution >= 4 is 28.3 Å². The molecular weight excluding hydrogens is 368 g/mol. The Morgan fingerprint density at radius 3 is 2.90 bits per heavy atom. The van der Waals surface area contributed by atoms with Crippen LogP contribution in [0.1, 0.15) is 10.4 Å². The molecule has 0 saturated carbocycles. The molecule has 4 aromatic rings. The summed E-state index contributed by atoms with van der Waals surface area (Å²) in [4.78, 5) is 27.1. The van der Waals surface area contributed by atoms with Crippen molar-refractivity contribution in [2.45, 2.75) is 6.04 Å². The summed E-state index contributed by atoms with van der Waals surface area (Å²) in [6.45, 7) is 1.43. The highest BCUT2D eigenvalue weighted by Gasteiger charge is 2.24. The summed E-state index contributed by atoms with van der Waals surface area (Å²) in [7, 11) is 0. The van der Waals surface area contributed by atoms with E-state index in [2.05, 4.69) is 32.5 Å². The molecule has 3 N–H and O–H groups in total. The number of rotatable bonds is 4. The smallest absolute Gasteiger partial charge is 0.265 e. The zero-order valence-electron chi connectivity index (χ0n) is 15.3. The van der Waals surface area contributed by atoms with Crippen molar-refractivity contribution in [1.29, 1.82) is 0 Å². The van der Waals surface area contributed by atoms with Gasteiger partial charge in [-0.1, -0.05) is 12.1 Å². The number of fused-ring (bicyclic) bond motifs is 1. The first-order chi connectivity index (χ1) is 14.2. The number of pyridine rings is 1. The number of amides is 1. The van der Waals surface area contributed by atoms with Gasteiger partial charge in [-0.05, 0) is 23.6 Å². The number of carbonyl (C=O) groups excluding carboxylic acids is 1. The van der Waals surface area contributed by atoms with Crippen LogP contribution in [0.3, 0.4) is 0 Å². The molecule has 0 radical (unpaired) electrons. The second-order valence-corrected chi connectivity index (χ2v) is 6.88. The van der Waals surface area contributed by atoms with Crippen LogP contribution in [-0.2, 0) is 0 Å². The van der Waals surface area contributed by atoms with Gasteiger partial charge in [0.2, 0.25) is 0 Å². The maximum absolute atomic E-state index is 12.7. The fourth-order valence-electron chi connectivity index (χ4n) is 3.23. The van der Waals surface area contributed by atoms with Crippen LogP contribution >= 0.6 is 0 Å². The number of nitrogens with two attached hydrogens (primary N) is 1. The predicted molar refractivity (Wildman–Crippen MR) is 107 cm³/mol. The molecule has 142 valence electrons. The minimum absolute atomic E-state index is 0.141. The molecule has 8 nitrogen and oxygen atoms in total. The Morgan fingerprint density at radius 2 is 2.10 bits per heavy atom. The van der Waals surface area contributed by atoms with Crippen LogP contribution in [0.25, 0.3) is 22.1 Å². The zero-order valence-corrected chi connectivity index (χ0v) is 15.3. The fraction of sp³-hybridized carbons (Fsp3) is 0.143. The summed E-state index contributed by atoms with van der Waals surface area (Å²) in [5, 5.41) is 4.68. The molecule has 8 heteroatoms. The van der Waals surface area contributed by atoms with Crippen LogP contribution in [-0.4, -0.2) is 40.0 Å². The normalized spacial score (nSPS) is 13.8. The van der Waals surface area contributed by atoms with Crippen LogP contribution in [0.5, 0.6) is 0 Å². The number of anilines is 2. The molecule has 1 fully saturated rings. The minimum atomic E-state index is -0.326. The van der Waals surface area contributed by atoms with E-state index in [-0.39, 0.29) is 11.9 Å². The summed E-state index contributed by atoms with van der Waals surface area (Å²) in [6.07, 6.45) is 7.42. The Bertz CT molecular complexity index is 1180. The summed E-state index contributed by atoms with van der Waals surface area (Å²) >= 11 is 0. The molecule has 0 bridgehead atoms. The number of nitrogens with zero attached hydrogens (tertiary/aromatic N) is 4. The lowest BCUT2D eigenvalue weighted by Crippen LogP contribution is -2.56. The first-order valence-electron chi connectivity index (χ1n) is 9.07. The van der Waals surface area contributed by atoms with Gasteiger partial charge in [0.1, 0.15) is 11.6 Å². The number of benzene rings is 1. The third-order valence-corrected chi connectivity index (χ3v) is 4.79. The highest BCUT2D eigenvalue weighted by molar-refractivity contribution is 6.04. The van der Waals surface area contributed by atoms with Crippen molar-refractivity contribution in [3.8, 4) is 11.3 Å². The van der Waals surface area contributed by atoms with Crippen LogP contribution in [0.15, 0.2) is 53.5 Å². The largest absolute Gasteiger partial charge is 0.444 e.